The number of phenolic OH excluding ortho intramolecular Hbond substituents is 1. The Morgan fingerprint density at radius 3 is 2.69 bits per heavy atom. The van der Waals surface area contributed by atoms with Gasteiger partial charge in [0.25, 0.3) is 0 Å². The topological polar surface area (TPSA) is 83.6 Å². The fourth-order valence-corrected chi connectivity index (χ4v) is 1.15. The van der Waals surface area contributed by atoms with E-state index in [9.17, 15) is 4.79 Å². The van der Waals surface area contributed by atoms with E-state index in [4.69, 9.17) is 27.5 Å². The van der Waals surface area contributed by atoms with Crippen LogP contribution in [0.3, 0.4) is 0 Å². The molecular weight excluding hydrogens is 194 g/mol. The van der Waals surface area contributed by atoms with Gasteiger partial charge >= 0.3 is 5.97 Å². The quantitative estimate of drug-likeness (QED) is 0.670. The monoisotopic (exact) mass is 201 g/mol. The lowest BCUT2D eigenvalue weighted by Crippen LogP contribution is -2.20. The Morgan fingerprint density at radius 2 is 2.15 bits per heavy atom. The van der Waals surface area contributed by atoms with Gasteiger partial charge in [0, 0.05) is 5.56 Å². The van der Waals surface area contributed by atoms with Crippen LogP contribution in [-0.2, 0) is 4.79 Å². The number of carbonyl (C=O) groups is 1. The van der Waals surface area contributed by atoms with Gasteiger partial charge < -0.3 is 15.9 Å². The Labute approximate surface area is 79.6 Å². The smallest absolute Gasteiger partial charge is 0.325 e. The van der Waals surface area contributed by atoms with Crippen molar-refractivity contribution >= 4 is 17.6 Å². The molecular formula is C8H8ClNO3. The zero-order chi connectivity index (χ0) is 10.0. The molecule has 1 rings (SSSR count). The summed E-state index contributed by atoms with van der Waals surface area (Å²) in [6.07, 6.45) is 0. The van der Waals surface area contributed by atoms with Crippen molar-refractivity contribution in [3.05, 3.63) is 28.8 Å². The number of benzene rings is 1. The summed E-state index contributed by atoms with van der Waals surface area (Å²) in [4.78, 5) is 10.5. The lowest BCUT2D eigenvalue weighted by atomic mass is 10.1. The fourth-order valence-electron chi connectivity index (χ4n) is 0.910. The highest BCUT2D eigenvalue weighted by Gasteiger charge is 2.18. The minimum absolute atomic E-state index is 0.0163. The normalized spacial score (nSPS) is 12.5. The van der Waals surface area contributed by atoms with Crippen molar-refractivity contribution in [2.75, 3.05) is 0 Å². The second-order valence-electron chi connectivity index (χ2n) is 2.50. The zero-order valence-corrected chi connectivity index (χ0v) is 7.32. The Morgan fingerprint density at radius 1 is 1.54 bits per heavy atom. The molecule has 70 valence electrons. The van der Waals surface area contributed by atoms with Crippen LogP contribution in [0.4, 0.5) is 0 Å². The van der Waals surface area contributed by atoms with Crippen LogP contribution >= 0.6 is 11.6 Å². The first kappa shape index (κ1) is 9.83. The Bertz CT molecular complexity index is 340. The molecule has 0 aromatic heterocycles. The van der Waals surface area contributed by atoms with Crippen LogP contribution in [-0.4, -0.2) is 16.2 Å². The van der Waals surface area contributed by atoms with E-state index in [2.05, 4.69) is 0 Å². The molecule has 0 bridgehead atoms. The summed E-state index contributed by atoms with van der Waals surface area (Å²) in [7, 11) is 0. The number of carboxylic acid groups (broad SMARTS) is 1. The predicted molar refractivity (Wildman–Crippen MR) is 47.7 cm³/mol. The van der Waals surface area contributed by atoms with Gasteiger partial charge in [-0.3, -0.25) is 4.79 Å². The first-order valence-electron chi connectivity index (χ1n) is 3.50. The second kappa shape index (κ2) is 3.64. The first-order chi connectivity index (χ1) is 6.04. The first-order valence-corrected chi connectivity index (χ1v) is 3.87. The highest BCUT2D eigenvalue weighted by atomic mass is 35.5. The molecule has 0 fully saturated rings. The van der Waals surface area contributed by atoms with E-state index in [0.29, 0.717) is 0 Å². The molecule has 4 N–H and O–H groups in total. The fraction of sp³-hybridized carbons (Fsp3) is 0.125. The van der Waals surface area contributed by atoms with Gasteiger partial charge in [-0.25, -0.2) is 0 Å². The summed E-state index contributed by atoms with van der Waals surface area (Å²) in [5.74, 6) is -1.36. The van der Waals surface area contributed by atoms with Crippen LogP contribution in [0.1, 0.15) is 11.6 Å². The lowest BCUT2D eigenvalue weighted by Gasteiger charge is -2.09. The van der Waals surface area contributed by atoms with Crippen molar-refractivity contribution in [1.82, 2.24) is 0 Å². The standard InChI is InChI=1S/C8H8ClNO3/c9-6-4(7(10)8(12)13)2-1-3-5(6)11/h1-3,7,11H,10H2,(H,12,13). The number of rotatable bonds is 2. The van der Waals surface area contributed by atoms with Gasteiger partial charge in [0.05, 0.1) is 5.02 Å². The molecule has 5 heteroatoms. The zero-order valence-electron chi connectivity index (χ0n) is 6.57. The average Bonchev–Trinajstić information content (AvgIpc) is 2.08. The molecule has 1 aromatic rings. The number of phenols is 1. The number of hydrogen-bond acceptors (Lipinski definition) is 3. The molecule has 13 heavy (non-hydrogen) atoms. The number of nitrogens with two attached hydrogens (primary N) is 1. The molecule has 0 amide bonds. The molecule has 0 spiro atoms. The Hall–Kier alpha value is -1.26. The summed E-state index contributed by atoms with van der Waals surface area (Å²) in [6.45, 7) is 0. The molecule has 0 aliphatic heterocycles. The average molecular weight is 202 g/mol. The number of hydrogen-bond donors (Lipinski definition) is 3. The Kier molecular flexibility index (Phi) is 2.75. The van der Waals surface area contributed by atoms with Crippen LogP contribution in [0.5, 0.6) is 5.75 Å². The van der Waals surface area contributed by atoms with Crippen molar-refractivity contribution in [2.24, 2.45) is 5.73 Å². The van der Waals surface area contributed by atoms with Crippen LogP contribution < -0.4 is 5.73 Å². The van der Waals surface area contributed by atoms with Crippen molar-refractivity contribution in [3.63, 3.8) is 0 Å². The van der Waals surface area contributed by atoms with E-state index in [1.54, 1.807) is 0 Å². The van der Waals surface area contributed by atoms with Crippen LogP contribution in [0, 0.1) is 0 Å². The molecule has 0 heterocycles. The minimum Gasteiger partial charge on any atom is -0.506 e. The van der Waals surface area contributed by atoms with Crippen molar-refractivity contribution in [1.29, 1.82) is 0 Å². The highest BCUT2D eigenvalue weighted by molar-refractivity contribution is 6.33. The summed E-state index contributed by atoms with van der Waals surface area (Å²) < 4.78 is 0. The second-order valence-corrected chi connectivity index (χ2v) is 2.87. The maximum Gasteiger partial charge on any atom is 0.325 e. The van der Waals surface area contributed by atoms with E-state index >= 15 is 0 Å². The van der Waals surface area contributed by atoms with Crippen molar-refractivity contribution < 1.29 is 15.0 Å². The molecule has 0 saturated carbocycles. The Balaban J connectivity index is 3.15. The lowest BCUT2D eigenvalue weighted by molar-refractivity contribution is -0.138. The van der Waals surface area contributed by atoms with Crippen LogP contribution in [0.15, 0.2) is 18.2 Å². The van der Waals surface area contributed by atoms with E-state index < -0.39 is 12.0 Å². The molecule has 4 nitrogen and oxygen atoms in total. The number of halogens is 1. The summed E-state index contributed by atoms with van der Waals surface area (Å²) in [6, 6.07) is 3.10. The van der Waals surface area contributed by atoms with Crippen LogP contribution in [0.25, 0.3) is 0 Å². The van der Waals surface area contributed by atoms with Gasteiger partial charge in [0.1, 0.15) is 11.8 Å². The van der Waals surface area contributed by atoms with Crippen molar-refractivity contribution in [2.45, 2.75) is 6.04 Å². The molecule has 0 radical (unpaired) electrons. The number of aliphatic carboxylic acids is 1. The third kappa shape index (κ3) is 1.91. The molecule has 1 atom stereocenters. The molecule has 1 unspecified atom stereocenters. The van der Waals surface area contributed by atoms with E-state index in [1.165, 1.54) is 18.2 Å². The molecule has 0 aliphatic rings. The largest absolute Gasteiger partial charge is 0.506 e. The van der Waals surface area contributed by atoms with Crippen LogP contribution in [0.2, 0.25) is 5.02 Å². The third-order valence-corrected chi connectivity index (χ3v) is 2.02. The number of aromatic hydroxyl groups is 1. The van der Waals surface area contributed by atoms with Crippen molar-refractivity contribution in [3.8, 4) is 5.75 Å². The number of carboxylic acids is 1. The maximum atomic E-state index is 10.5. The summed E-state index contributed by atoms with van der Waals surface area (Å²) >= 11 is 5.64. The molecule has 1 aromatic carbocycles. The van der Waals surface area contributed by atoms with E-state index in [0.717, 1.165) is 0 Å². The van der Waals surface area contributed by atoms with Gasteiger partial charge in [-0.2, -0.15) is 0 Å². The van der Waals surface area contributed by atoms with Gasteiger partial charge in [0.2, 0.25) is 0 Å². The van der Waals surface area contributed by atoms with Gasteiger partial charge in [-0.05, 0) is 6.07 Å². The highest BCUT2D eigenvalue weighted by Crippen LogP contribution is 2.29. The SMILES string of the molecule is NC(C(=O)O)c1cccc(O)c1Cl. The maximum absolute atomic E-state index is 10.5. The summed E-state index contributed by atoms with van der Waals surface area (Å²) in [5, 5.41) is 17.7. The molecule has 0 aliphatic carbocycles. The third-order valence-electron chi connectivity index (χ3n) is 1.61. The van der Waals surface area contributed by atoms with Gasteiger partial charge in [-0.15, -0.1) is 0 Å². The van der Waals surface area contributed by atoms with E-state index in [-0.39, 0.29) is 16.3 Å². The van der Waals surface area contributed by atoms with Gasteiger partial charge in [0.15, 0.2) is 0 Å². The minimum atomic E-state index is -1.21. The van der Waals surface area contributed by atoms with E-state index in [1.807, 2.05) is 0 Å². The van der Waals surface area contributed by atoms with Gasteiger partial charge in [-0.1, -0.05) is 23.7 Å². The molecule has 0 saturated heterocycles. The summed E-state index contributed by atoms with van der Waals surface area (Å²) in [5.41, 5.74) is 5.52. The predicted octanol–water partition coefficient (Wildman–Crippen LogP) is 1.13.